The lowest BCUT2D eigenvalue weighted by atomic mass is 10.2. The van der Waals surface area contributed by atoms with Crippen molar-refractivity contribution in [2.75, 3.05) is 13.7 Å². The highest BCUT2D eigenvalue weighted by Gasteiger charge is 2.22. The van der Waals surface area contributed by atoms with E-state index in [0.717, 1.165) is 16.8 Å². The van der Waals surface area contributed by atoms with Crippen molar-refractivity contribution in [3.05, 3.63) is 28.2 Å². The summed E-state index contributed by atoms with van der Waals surface area (Å²) < 4.78 is 11.1. The Labute approximate surface area is 103 Å². The van der Waals surface area contributed by atoms with Crippen LogP contribution in [0.4, 0.5) is 0 Å². The molecule has 0 bridgehead atoms. The first-order valence-corrected chi connectivity index (χ1v) is 6.00. The lowest BCUT2D eigenvalue weighted by Gasteiger charge is -2.08. The van der Waals surface area contributed by atoms with Crippen LogP contribution in [0.2, 0.25) is 0 Å². The van der Waals surface area contributed by atoms with E-state index in [1.807, 2.05) is 0 Å². The third-order valence-electron chi connectivity index (χ3n) is 2.52. The number of hydrogen-bond acceptors (Lipinski definition) is 3. The van der Waals surface area contributed by atoms with Gasteiger partial charge in [-0.05, 0) is 52.9 Å². The van der Waals surface area contributed by atoms with Crippen molar-refractivity contribution in [1.29, 1.82) is 0 Å². The maximum Gasteiger partial charge on any atom is 0.337 e. The molecule has 16 heavy (non-hydrogen) atoms. The fraction of sp³-hybridized carbons (Fsp3) is 0.417. The fourth-order valence-corrected chi connectivity index (χ4v) is 1.85. The van der Waals surface area contributed by atoms with E-state index >= 15 is 0 Å². The summed E-state index contributed by atoms with van der Waals surface area (Å²) >= 11 is 3.38. The second-order valence-electron chi connectivity index (χ2n) is 3.89. The van der Waals surface area contributed by atoms with Gasteiger partial charge in [-0.2, -0.15) is 0 Å². The van der Waals surface area contributed by atoms with Crippen molar-refractivity contribution >= 4 is 21.9 Å². The molecule has 0 amide bonds. The second-order valence-corrected chi connectivity index (χ2v) is 4.75. The number of benzene rings is 1. The zero-order valence-electron chi connectivity index (χ0n) is 9.03. The first-order valence-electron chi connectivity index (χ1n) is 5.21. The van der Waals surface area contributed by atoms with Crippen LogP contribution in [0.5, 0.6) is 5.75 Å². The van der Waals surface area contributed by atoms with Crippen LogP contribution in [0.1, 0.15) is 23.2 Å². The molecule has 1 aromatic carbocycles. The average molecular weight is 285 g/mol. The molecule has 0 atom stereocenters. The van der Waals surface area contributed by atoms with E-state index in [4.69, 9.17) is 4.74 Å². The van der Waals surface area contributed by atoms with Crippen molar-refractivity contribution in [3.8, 4) is 5.75 Å². The summed E-state index contributed by atoms with van der Waals surface area (Å²) in [5.41, 5.74) is 0.521. The molecule has 0 spiro atoms. The average Bonchev–Trinajstić information content (AvgIpc) is 3.10. The van der Waals surface area contributed by atoms with E-state index in [1.165, 1.54) is 20.0 Å². The van der Waals surface area contributed by atoms with Gasteiger partial charge < -0.3 is 9.47 Å². The molecule has 0 saturated heterocycles. The van der Waals surface area contributed by atoms with Gasteiger partial charge in [-0.1, -0.05) is 0 Å². The molecule has 86 valence electrons. The van der Waals surface area contributed by atoms with Crippen LogP contribution in [0.15, 0.2) is 22.7 Å². The molecular weight excluding hydrogens is 272 g/mol. The van der Waals surface area contributed by atoms with Gasteiger partial charge in [0, 0.05) is 0 Å². The summed E-state index contributed by atoms with van der Waals surface area (Å²) in [5.74, 6) is 1.15. The van der Waals surface area contributed by atoms with Crippen LogP contribution in [-0.4, -0.2) is 19.7 Å². The lowest BCUT2D eigenvalue weighted by molar-refractivity contribution is 0.0600. The summed E-state index contributed by atoms with van der Waals surface area (Å²) in [4.78, 5) is 11.3. The van der Waals surface area contributed by atoms with Crippen LogP contribution in [-0.2, 0) is 4.74 Å². The quantitative estimate of drug-likeness (QED) is 0.798. The van der Waals surface area contributed by atoms with Gasteiger partial charge in [-0.15, -0.1) is 0 Å². The van der Waals surface area contributed by atoms with Gasteiger partial charge in [-0.3, -0.25) is 0 Å². The molecule has 0 aliphatic heterocycles. The highest BCUT2D eigenvalue weighted by atomic mass is 79.9. The van der Waals surface area contributed by atoms with Crippen LogP contribution < -0.4 is 4.74 Å². The smallest absolute Gasteiger partial charge is 0.337 e. The summed E-state index contributed by atoms with van der Waals surface area (Å²) in [7, 11) is 1.37. The number of hydrogen-bond donors (Lipinski definition) is 0. The number of ether oxygens (including phenoxy) is 2. The molecule has 0 heterocycles. The van der Waals surface area contributed by atoms with Crippen LogP contribution in [0.3, 0.4) is 0 Å². The number of halogens is 1. The molecule has 1 aliphatic carbocycles. The van der Waals surface area contributed by atoms with E-state index < -0.39 is 0 Å². The van der Waals surface area contributed by atoms with Crippen molar-refractivity contribution < 1.29 is 14.3 Å². The molecule has 1 saturated carbocycles. The Kier molecular flexibility index (Phi) is 3.49. The molecule has 1 fully saturated rings. The number of carbonyl (C=O) groups excluding carboxylic acids is 1. The monoisotopic (exact) mass is 284 g/mol. The molecule has 0 unspecified atom stereocenters. The Morgan fingerprint density at radius 1 is 1.50 bits per heavy atom. The van der Waals surface area contributed by atoms with Crippen LogP contribution in [0.25, 0.3) is 0 Å². The highest BCUT2D eigenvalue weighted by Crippen LogP contribution is 2.32. The Hall–Kier alpha value is -1.03. The lowest BCUT2D eigenvalue weighted by Crippen LogP contribution is -2.03. The van der Waals surface area contributed by atoms with Gasteiger partial charge in [0.2, 0.25) is 0 Å². The SMILES string of the molecule is COC(=O)c1ccc(OCC2CC2)c(Br)c1. The minimum atomic E-state index is -0.338. The van der Waals surface area contributed by atoms with E-state index in [2.05, 4.69) is 20.7 Å². The van der Waals surface area contributed by atoms with Crippen molar-refractivity contribution in [2.45, 2.75) is 12.8 Å². The number of rotatable bonds is 4. The standard InChI is InChI=1S/C12H13BrO3/c1-15-12(14)9-4-5-11(10(13)6-9)16-7-8-2-3-8/h4-6,8H,2-3,7H2,1H3. The Morgan fingerprint density at radius 3 is 2.81 bits per heavy atom. The van der Waals surface area contributed by atoms with Crippen molar-refractivity contribution in [3.63, 3.8) is 0 Å². The predicted octanol–water partition coefficient (Wildman–Crippen LogP) is 3.02. The first kappa shape index (κ1) is 11.5. The number of esters is 1. The largest absolute Gasteiger partial charge is 0.492 e. The molecule has 1 aromatic rings. The van der Waals surface area contributed by atoms with Crippen molar-refractivity contribution in [1.82, 2.24) is 0 Å². The Morgan fingerprint density at radius 2 is 2.25 bits per heavy atom. The van der Waals surface area contributed by atoms with Crippen LogP contribution >= 0.6 is 15.9 Å². The van der Waals surface area contributed by atoms with Gasteiger partial charge in [0.15, 0.2) is 0 Å². The zero-order chi connectivity index (χ0) is 11.5. The Bertz CT molecular complexity index is 399. The molecule has 3 nitrogen and oxygen atoms in total. The minimum Gasteiger partial charge on any atom is -0.492 e. The third kappa shape index (κ3) is 2.76. The topological polar surface area (TPSA) is 35.5 Å². The van der Waals surface area contributed by atoms with Gasteiger partial charge in [-0.25, -0.2) is 4.79 Å². The van der Waals surface area contributed by atoms with Gasteiger partial charge in [0.1, 0.15) is 5.75 Å². The first-order chi connectivity index (χ1) is 7.70. The number of carbonyl (C=O) groups is 1. The second kappa shape index (κ2) is 4.87. The van der Waals surface area contributed by atoms with E-state index in [-0.39, 0.29) is 5.97 Å². The molecule has 1 aliphatic rings. The summed E-state index contributed by atoms with van der Waals surface area (Å²) in [6, 6.07) is 5.21. The molecule has 4 heteroatoms. The predicted molar refractivity (Wildman–Crippen MR) is 63.7 cm³/mol. The highest BCUT2D eigenvalue weighted by molar-refractivity contribution is 9.10. The molecule has 0 N–H and O–H groups in total. The number of methoxy groups -OCH3 is 1. The summed E-state index contributed by atoms with van der Waals surface area (Å²) in [6.07, 6.45) is 2.52. The van der Waals surface area contributed by atoms with Crippen LogP contribution in [0, 0.1) is 5.92 Å². The molecule has 0 aromatic heterocycles. The van der Waals surface area contributed by atoms with Crippen molar-refractivity contribution in [2.24, 2.45) is 5.92 Å². The molecule has 2 rings (SSSR count). The van der Waals surface area contributed by atoms with E-state index in [0.29, 0.717) is 11.5 Å². The van der Waals surface area contributed by atoms with Gasteiger partial charge in [0.05, 0.1) is 23.8 Å². The van der Waals surface area contributed by atoms with E-state index in [9.17, 15) is 4.79 Å². The molecule has 0 radical (unpaired) electrons. The van der Waals surface area contributed by atoms with E-state index in [1.54, 1.807) is 18.2 Å². The zero-order valence-corrected chi connectivity index (χ0v) is 10.6. The summed E-state index contributed by atoms with van der Waals surface area (Å²) in [5, 5.41) is 0. The normalized spacial score (nSPS) is 14.6. The summed E-state index contributed by atoms with van der Waals surface area (Å²) in [6.45, 7) is 0.760. The minimum absolute atomic E-state index is 0.338. The Balaban J connectivity index is 2.05. The maximum atomic E-state index is 11.3. The third-order valence-corrected chi connectivity index (χ3v) is 3.14. The van der Waals surface area contributed by atoms with Gasteiger partial charge >= 0.3 is 5.97 Å². The molecular formula is C12H13BrO3. The fourth-order valence-electron chi connectivity index (χ4n) is 1.35. The van der Waals surface area contributed by atoms with Gasteiger partial charge in [0.25, 0.3) is 0 Å². The maximum absolute atomic E-state index is 11.3.